The second-order valence-corrected chi connectivity index (χ2v) is 8.98. The van der Waals surface area contributed by atoms with Gasteiger partial charge < -0.3 is 0 Å². The van der Waals surface area contributed by atoms with Crippen LogP contribution in [0.2, 0.25) is 0 Å². The maximum absolute atomic E-state index is 5.33. The molecule has 0 fully saturated rings. The third-order valence-electron chi connectivity index (χ3n) is 6.96. The molecule has 0 bridgehead atoms. The van der Waals surface area contributed by atoms with Gasteiger partial charge in [0, 0.05) is 28.0 Å². The van der Waals surface area contributed by atoms with E-state index in [0.717, 1.165) is 61.0 Å². The zero-order chi connectivity index (χ0) is 23.6. The molecule has 5 heterocycles. The van der Waals surface area contributed by atoms with E-state index in [4.69, 9.17) is 9.97 Å². The first-order valence-electron chi connectivity index (χ1n) is 12.0. The molecule has 0 saturated heterocycles. The first-order valence-corrected chi connectivity index (χ1v) is 12.0. The predicted octanol–water partition coefficient (Wildman–Crippen LogP) is 7.22. The normalized spacial score (nSPS) is 11.9. The van der Waals surface area contributed by atoms with E-state index >= 15 is 0 Å². The Balaban J connectivity index is 1.54. The van der Waals surface area contributed by atoms with E-state index in [0.29, 0.717) is 0 Å². The quantitative estimate of drug-likeness (QED) is 0.273. The van der Waals surface area contributed by atoms with Gasteiger partial charge in [-0.3, -0.25) is 14.1 Å². The van der Waals surface area contributed by atoms with Crippen LogP contribution in [0.4, 0.5) is 0 Å². The Bertz CT molecular complexity index is 2100. The van der Waals surface area contributed by atoms with Crippen molar-refractivity contribution in [2.45, 2.75) is 0 Å². The van der Waals surface area contributed by atoms with Crippen LogP contribution in [0.5, 0.6) is 0 Å². The first kappa shape index (κ1) is 19.3. The largest absolute Gasteiger partial charge is 0.294 e. The number of fused-ring (bicyclic) bond motifs is 7. The molecule has 5 heteroatoms. The Kier molecular flexibility index (Phi) is 3.88. The second kappa shape index (κ2) is 7.23. The number of pyridine rings is 3. The second-order valence-electron chi connectivity index (χ2n) is 8.98. The average Bonchev–Trinajstić information content (AvgIpc) is 3.44. The average molecular weight is 462 g/mol. The molecule has 0 unspecified atom stereocenters. The third kappa shape index (κ3) is 2.62. The Hall–Kier alpha value is -5.03. The van der Waals surface area contributed by atoms with Crippen LogP contribution in [0.15, 0.2) is 115 Å². The maximum atomic E-state index is 5.33. The van der Waals surface area contributed by atoms with Crippen molar-refractivity contribution in [2.24, 2.45) is 0 Å². The molecular weight excluding hydrogens is 442 g/mol. The van der Waals surface area contributed by atoms with E-state index in [1.807, 2.05) is 30.3 Å². The highest BCUT2D eigenvalue weighted by atomic mass is 15.1. The van der Waals surface area contributed by atoms with Gasteiger partial charge in [0.25, 0.3) is 0 Å². The van der Waals surface area contributed by atoms with Crippen LogP contribution in [0.3, 0.4) is 0 Å². The summed E-state index contributed by atoms with van der Waals surface area (Å²) in [6.07, 6.45) is 1.80. The zero-order valence-corrected chi connectivity index (χ0v) is 19.2. The Morgan fingerprint density at radius 1 is 0.500 bits per heavy atom. The zero-order valence-electron chi connectivity index (χ0n) is 19.2. The van der Waals surface area contributed by atoms with Gasteiger partial charge in [-0.25, -0.2) is 9.97 Å². The molecule has 0 atom stereocenters. The Morgan fingerprint density at radius 3 is 2.11 bits per heavy atom. The number of rotatable bonds is 2. The molecule has 0 radical (unpaired) electrons. The van der Waals surface area contributed by atoms with Crippen molar-refractivity contribution in [1.82, 2.24) is 24.1 Å². The van der Waals surface area contributed by atoms with Gasteiger partial charge in [0.1, 0.15) is 11.5 Å². The summed E-state index contributed by atoms with van der Waals surface area (Å²) < 4.78 is 4.48. The lowest BCUT2D eigenvalue weighted by molar-refractivity contribution is 1.10. The first-order chi connectivity index (χ1) is 17.9. The van der Waals surface area contributed by atoms with Crippen LogP contribution < -0.4 is 0 Å². The van der Waals surface area contributed by atoms with Gasteiger partial charge in [-0.2, -0.15) is 0 Å². The van der Waals surface area contributed by atoms with Crippen molar-refractivity contribution in [3.8, 4) is 11.5 Å². The number of aromatic nitrogens is 5. The highest BCUT2D eigenvalue weighted by molar-refractivity contribution is 6.15. The van der Waals surface area contributed by atoms with Gasteiger partial charge in [0.15, 0.2) is 0 Å². The van der Waals surface area contributed by atoms with Crippen molar-refractivity contribution in [2.75, 3.05) is 0 Å². The summed E-state index contributed by atoms with van der Waals surface area (Å²) in [5.74, 6) is 0.856. The van der Waals surface area contributed by atoms with E-state index < -0.39 is 0 Å². The molecule has 0 N–H and O–H groups in total. The van der Waals surface area contributed by atoms with Crippen molar-refractivity contribution in [3.05, 3.63) is 115 Å². The van der Waals surface area contributed by atoms with Crippen LogP contribution in [0.25, 0.3) is 66.4 Å². The molecule has 0 aliphatic rings. The fourth-order valence-corrected chi connectivity index (χ4v) is 5.40. The molecule has 8 rings (SSSR count). The van der Waals surface area contributed by atoms with Crippen molar-refractivity contribution >= 4 is 54.9 Å². The SMILES string of the molecule is c1ccc(-n2c3ccccc3c3cc4c(nc32)c2ccccc2n4-c2ccc3ncccc3n2)cc1. The van der Waals surface area contributed by atoms with E-state index in [1.54, 1.807) is 6.20 Å². The van der Waals surface area contributed by atoms with E-state index in [-0.39, 0.29) is 0 Å². The summed E-state index contributed by atoms with van der Waals surface area (Å²) >= 11 is 0. The number of nitrogens with zero attached hydrogens (tertiary/aromatic N) is 5. The number of para-hydroxylation sites is 3. The maximum Gasteiger partial charge on any atom is 0.146 e. The summed E-state index contributed by atoms with van der Waals surface area (Å²) in [5.41, 5.74) is 8.03. The molecule has 5 aromatic heterocycles. The smallest absolute Gasteiger partial charge is 0.146 e. The lowest BCUT2D eigenvalue weighted by Gasteiger charge is -2.08. The highest BCUT2D eigenvalue weighted by Crippen LogP contribution is 2.37. The van der Waals surface area contributed by atoms with Gasteiger partial charge in [-0.15, -0.1) is 0 Å². The van der Waals surface area contributed by atoms with Gasteiger partial charge in [-0.05, 0) is 54.6 Å². The van der Waals surface area contributed by atoms with Crippen LogP contribution in [-0.4, -0.2) is 24.1 Å². The predicted molar refractivity (Wildman–Crippen MR) is 146 cm³/mol. The Morgan fingerprint density at radius 2 is 1.25 bits per heavy atom. The summed E-state index contributed by atoms with van der Waals surface area (Å²) in [7, 11) is 0. The molecule has 0 spiro atoms. The molecule has 0 aliphatic heterocycles. The summed E-state index contributed by atoms with van der Waals surface area (Å²) in [6, 6.07) is 37.7. The molecular formula is C31H19N5. The Labute approximate surface area is 205 Å². The summed E-state index contributed by atoms with van der Waals surface area (Å²) in [5, 5.41) is 3.40. The standard InChI is InChI=1S/C31H19N5/c1-2-9-20(10-3-1)35-26-14-6-4-11-21(26)23-19-28-30(34-31(23)35)22-12-5-7-15-27(22)36(28)29-17-16-24-25(33-29)13-8-18-32-24/h1-19H. The van der Waals surface area contributed by atoms with Crippen molar-refractivity contribution < 1.29 is 0 Å². The van der Waals surface area contributed by atoms with Gasteiger partial charge in [0.05, 0.1) is 33.1 Å². The van der Waals surface area contributed by atoms with E-state index in [2.05, 4.69) is 93.0 Å². The summed E-state index contributed by atoms with van der Waals surface area (Å²) in [4.78, 5) is 14.8. The van der Waals surface area contributed by atoms with E-state index in [1.165, 1.54) is 5.39 Å². The third-order valence-corrected chi connectivity index (χ3v) is 6.96. The molecule has 0 aliphatic carbocycles. The topological polar surface area (TPSA) is 48.5 Å². The van der Waals surface area contributed by atoms with Crippen LogP contribution in [-0.2, 0) is 0 Å². The summed E-state index contributed by atoms with van der Waals surface area (Å²) in [6.45, 7) is 0. The van der Waals surface area contributed by atoms with Gasteiger partial charge in [-0.1, -0.05) is 54.6 Å². The fourth-order valence-electron chi connectivity index (χ4n) is 5.40. The minimum atomic E-state index is 0.856. The molecule has 8 aromatic rings. The van der Waals surface area contributed by atoms with Gasteiger partial charge >= 0.3 is 0 Å². The van der Waals surface area contributed by atoms with Crippen LogP contribution in [0.1, 0.15) is 0 Å². The fraction of sp³-hybridized carbons (Fsp3) is 0. The van der Waals surface area contributed by atoms with Crippen LogP contribution >= 0.6 is 0 Å². The van der Waals surface area contributed by atoms with Crippen molar-refractivity contribution in [3.63, 3.8) is 0 Å². The lowest BCUT2D eigenvalue weighted by Crippen LogP contribution is -1.98. The minimum absolute atomic E-state index is 0.856. The molecule has 0 saturated carbocycles. The number of hydrogen-bond donors (Lipinski definition) is 0. The highest BCUT2D eigenvalue weighted by Gasteiger charge is 2.19. The van der Waals surface area contributed by atoms with Crippen LogP contribution in [0, 0.1) is 0 Å². The molecule has 3 aromatic carbocycles. The molecule has 168 valence electrons. The monoisotopic (exact) mass is 461 g/mol. The lowest BCUT2D eigenvalue weighted by atomic mass is 10.2. The molecule has 36 heavy (non-hydrogen) atoms. The molecule has 5 nitrogen and oxygen atoms in total. The van der Waals surface area contributed by atoms with Gasteiger partial charge in [0.2, 0.25) is 0 Å². The number of benzene rings is 3. The number of hydrogen-bond acceptors (Lipinski definition) is 3. The molecule has 0 amide bonds. The van der Waals surface area contributed by atoms with Crippen molar-refractivity contribution in [1.29, 1.82) is 0 Å². The minimum Gasteiger partial charge on any atom is -0.294 e. The van der Waals surface area contributed by atoms with E-state index in [9.17, 15) is 0 Å².